The van der Waals surface area contributed by atoms with Crippen LogP contribution >= 0.6 is 0 Å². The molecule has 0 saturated carbocycles. The molecule has 3 aliphatic rings. The number of aromatic hydroxyl groups is 1. The highest BCUT2D eigenvalue weighted by atomic mass is 16.9. The molecule has 0 bridgehead atoms. The molecule has 13 heteroatoms. The molecule has 274 valence electrons. The number of benzene rings is 1. The summed E-state index contributed by atoms with van der Waals surface area (Å²) in [4.78, 5) is 65.6. The van der Waals surface area contributed by atoms with Crippen LogP contribution in [-0.4, -0.2) is 59.0 Å². The molecule has 7 atom stereocenters. The van der Waals surface area contributed by atoms with Gasteiger partial charge in [0.05, 0.1) is 18.4 Å². The number of fused-ring (bicyclic) bond motifs is 1. The second-order valence-corrected chi connectivity index (χ2v) is 14.3. The van der Waals surface area contributed by atoms with Gasteiger partial charge in [0, 0.05) is 18.8 Å². The zero-order chi connectivity index (χ0) is 36.6. The summed E-state index contributed by atoms with van der Waals surface area (Å²) in [5.74, 6) is -1.96. The smallest absolute Gasteiger partial charge is 0.342 e. The molecule has 0 radical (unpaired) electrons. The van der Waals surface area contributed by atoms with Crippen molar-refractivity contribution < 1.29 is 53.2 Å². The number of hydrogen-bond acceptors (Lipinski definition) is 12. The van der Waals surface area contributed by atoms with E-state index in [1.807, 2.05) is 20.8 Å². The Morgan fingerprint density at radius 1 is 1.10 bits per heavy atom. The molecule has 1 aromatic carbocycles. The van der Waals surface area contributed by atoms with Gasteiger partial charge >= 0.3 is 23.9 Å². The van der Waals surface area contributed by atoms with E-state index in [1.54, 1.807) is 0 Å². The minimum Gasteiger partial charge on any atom is -0.507 e. The number of phenolic OH excluding ortho intramolecular Hbond substituents is 1. The summed E-state index contributed by atoms with van der Waals surface area (Å²) in [6.07, 6.45) is 8.33. The van der Waals surface area contributed by atoms with Crippen LogP contribution in [0, 0.1) is 39.2 Å². The van der Waals surface area contributed by atoms with Crippen molar-refractivity contribution in [2.75, 3.05) is 6.61 Å². The van der Waals surface area contributed by atoms with E-state index >= 15 is 0 Å². The van der Waals surface area contributed by atoms with Crippen molar-refractivity contribution in [3.8, 4) is 11.5 Å². The molecule has 1 aliphatic heterocycles. The Hall–Kier alpha value is -4.42. The predicted molar refractivity (Wildman–Crippen MR) is 179 cm³/mol. The number of phenols is 1. The Labute approximate surface area is 292 Å². The summed E-state index contributed by atoms with van der Waals surface area (Å²) >= 11 is 0. The maximum atomic E-state index is 13.1. The number of allylic oxidation sites excluding steroid dienone is 3. The molecule has 0 amide bonds. The molecule has 1 fully saturated rings. The van der Waals surface area contributed by atoms with Gasteiger partial charge < -0.3 is 28.9 Å². The molecule has 1 aromatic rings. The highest BCUT2D eigenvalue weighted by Gasteiger charge is 2.43. The molecular weight excluding hydrogens is 650 g/mol. The summed E-state index contributed by atoms with van der Waals surface area (Å²) in [6, 6.07) is 3.70. The summed E-state index contributed by atoms with van der Waals surface area (Å²) in [5, 5.41) is 19.7. The van der Waals surface area contributed by atoms with Crippen LogP contribution in [0.2, 0.25) is 0 Å². The first-order chi connectivity index (χ1) is 23.7. The van der Waals surface area contributed by atoms with Crippen LogP contribution in [0.15, 0.2) is 42.0 Å². The normalized spacial score (nSPS) is 26.1. The van der Waals surface area contributed by atoms with E-state index in [-0.39, 0.29) is 91.5 Å². The van der Waals surface area contributed by atoms with E-state index in [0.717, 1.165) is 6.42 Å². The van der Waals surface area contributed by atoms with Gasteiger partial charge in [0.1, 0.15) is 35.4 Å². The first-order valence-electron chi connectivity index (χ1n) is 17.5. The number of unbranched alkanes of at least 4 members (excludes halogenated alkanes) is 1. The topological polar surface area (TPSA) is 178 Å². The van der Waals surface area contributed by atoms with Crippen LogP contribution in [0.25, 0.3) is 0 Å². The molecule has 1 saturated heterocycles. The number of ether oxygens (including phenoxy) is 4. The Kier molecular flexibility index (Phi) is 13.0. The van der Waals surface area contributed by atoms with Crippen molar-refractivity contribution in [1.82, 2.24) is 0 Å². The quantitative estimate of drug-likeness (QED) is 0.0530. The van der Waals surface area contributed by atoms with E-state index < -0.39 is 40.6 Å². The fraction of sp³-hybridized carbons (Fsp3) is 0.622. The largest absolute Gasteiger partial charge is 0.507 e. The number of carbonyl (C=O) groups excluding carboxylic acids is 4. The number of hydrogen-bond donors (Lipinski definition) is 1. The lowest BCUT2D eigenvalue weighted by Crippen LogP contribution is -2.43. The zero-order valence-corrected chi connectivity index (χ0v) is 29.5. The minimum absolute atomic E-state index is 0.00522. The van der Waals surface area contributed by atoms with Gasteiger partial charge in [-0.15, -0.1) is 10.1 Å². The molecule has 2 unspecified atom stereocenters. The Morgan fingerprint density at radius 3 is 2.58 bits per heavy atom. The molecule has 0 aromatic heterocycles. The van der Waals surface area contributed by atoms with E-state index in [4.69, 9.17) is 18.9 Å². The third-order valence-electron chi connectivity index (χ3n) is 10.00. The summed E-state index contributed by atoms with van der Waals surface area (Å²) in [7, 11) is 0. The van der Waals surface area contributed by atoms with Gasteiger partial charge in [-0.25, -0.2) is 4.79 Å². The van der Waals surface area contributed by atoms with Crippen molar-refractivity contribution in [3.63, 3.8) is 0 Å². The molecule has 2 aliphatic carbocycles. The highest BCUT2D eigenvalue weighted by Crippen LogP contribution is 2.46. The fourth-order valence-electron chi connectivity index (χ4n) is 6.80. The van der Waals surface area contributed by atoms with E-state index in [1.165, 1.54) is 23.8 Å². The first kappa shape index (κ1) is 38.4. The molecular formula is C37H49NO12. The number of nitrogens with zero attached hydrogens (tertiary/aromatic N) is 1. The Balaban J connectivity index is 1.36. The monoisotopic (exact) mass is 699 g/mol. The molecule has 50 heavy (non-hydrogen) atoms. The van der Waals surface area contributed by atoms with Crippen LogP contribution in [0.4, 0.5) is 0 Å². The average molecular weight is 700 g/mol. The summed E-state index contributed by atoms with van der Waals surface area (Å²) < 4.78 is 22.8. The van der Waals surface area contributed by atoms with Crippen LogP contribution in [0.3, 0.4) is 0 Å². The van der Waals surface area contributed by atoms with Gasteiger partial charge in [0.2, 0.25) is 0 Å². The zero-order valence-electron chi connectivity index (χ0n) is 29.5. The number of cyclic esters (lactones) is 1. The van der Waals surface area contributed by atoms with E-state index in [9.17, 15) is 34.4 Å². The third-order valence-corrected chi connectivity index (χ3v) is 10.00. The van der Waals surface area contributed by atoms with Gasteiger partial charge in [0.15, 0.2) is 0 Å². The lowest BCUT2D eigenvalue weighted by Gasteiger charge is -2.44. The molecule has 0 spiro atoms. The van der Waals surface area contributed by atoms with Gasteiger partial charge in [-0.05, 0) is 93.9 Å². The van der Waals surface area contributed by atoms with Gasteiger partial charge in [-0.1, -0.05) is 39.0 Å². The number of carbonyl (C=O) groups is 4. The van der Waals surface area contributed by atoms with Crippen LogP contribution in [0.5, 0.6) is 11.5 Å². The summed E-state index contributed by atoms with van der Waals surface area (Å²) in [5.41, 5.74) is 0.355. The Morgan fingerprint density at radius 2 is 1.86 bits per heavy atom. The highest BCUT2D eigenvalue weighted by molar-refractivity contribution is 5.93. The minimum atomic E-state index is -0.906. The fourth-order valence-corrected chi connectivity index (χ4v) is 6.80. The van der Waals surface area contributed by atoms with E-state index in [2.05, 4.69) is 36.9 Å². The third kappa shape index (κ3) is 10.3. The maximum absolute atomic E-state index is 13.1. The van der Waals surface area contributed by atoms with Crippen molar-refractivity contribution in [1.29, 1.82) is 0 Å². The summed E-state index contributed by atoms with van der Waals surface area (Å²) in [6.45, 7) is 9.91. The van der Waals surface area contributed by atoms with Crippen molar-refractivity contribution in [2.45, 2.75) is 111 Å². The van der Waals surface area contributed by atoms with Crippen LogP contribution in [-0.2, 0) is 33.4 Å². The van der Waals surface area contributed by atoms with Gasteiger partial charge in [0.25, 0.3) is 5.09 Å². The van der Waals surface area contributed by atoms with Crippen LogP contribution < -0.4 is 4.74 Å². The standard InChI is InChI=1S/C37H49NO12/c1-6-37(4,5)36(43)50-31-18-22(2)17-24-11-10-23(3)28(34(24)31)14-12-25-19-27(21-33(41)48-25)49-35(42)29-20-26(13-15-30(29)39)47-32(40)9-7-8-16-46-38(44)45/h10-11,13,15,17,20,22-23,25,27-28,31,34,39H,6-9,12,14,16,18-19,21H2,1-5H3/t22-,23-,25?,27?,28-,31-,34-/m0/s1. The van der Waals surface area contributed by atoms with Crippen molar-refractivity contribution in [3.05, 3.63) is 57.7 Å². The second-order valence-electron chi connectivity index (χ2n) is 14.3. The molecule has 13 nitrogen and oxygen atoms in total. The van der Waals surface area contributed by atoms with Crippen molar-refractivity contribution >= 4 is 23.9 Å². The van der Waals surface area contributed by atoms with Crippen LogP contribution in [0.1, 0.15) is 103 Å². The number of rotatable bonds is 15. The molecule has 4 rings (SSSR count). The SMILES string of the molecule is CCC(C)(C)C(=O)O[C@H]1C[C@@H](C)C=C2C=C[C@H](C)[C@H](CCC3CC(OC(=O)c4cc(OC(=O)CCCCO[N+](=O)[O-])ccc4O)CC(=O)O3)[C@H]21. The lowest BCUT2D eigenvalue weighted by molar-refractivity contribution is -0.757. The van der Waals surface area contributed by atoms with Gasteiger partial charge in [-0.3, -0.25) is 14.4 Å². The van der Waals surface area contributed by atoms with E-state index in [0.29, 0.717) is 19.3 Å². The lowest BCUT2D eigenvalue weighted by atomic mass is 9.65. The predicted octanol–water partition coefficient (Wildman–Crippen LogP) is 6.44. The average Bonchev–Trinajstić information content (AvgIpc) is 3.04. The number of esters is 4. The second kappa shape index (κ2) is 17.0. The first-order valence-corrected chi connectivity index (χ1v) is 17.5. The van der Waals surface area contributed by atoms with Gasteiger partial charge in [-0.2, -0.15) is 0 Å². The molecule has 1 heterocycles. The van der Waals surface area contributed by atoms with Crippen molar-refractivity contribution in [2.24, 2.45) is 29.1 Å². The Bertz CT molecular complexity index is 1480. The maximum Gasteiger partial charge on any atom is 0.342 e. The molecule has 1 N–H and O–H groups in total.